The Morgan fingerprint density at radius 2 is 2.05 bits per heavy atom. The van der Waals surface area contributed by atoms with Crippen molar-refractivity contribution in [2.75, 3.05) is 0 Å². The van der Waals surface area contributed by atoms with Crippen molar-refractivity contribution in [3.05, 3.63) is 63.4 Å². The van der Waals surface area contributed by atoms with Crippen molar-refractivity contribution in [3.63, 3.8) is 0 Å². The minimum atomic E-state index is -1.11. The second-order valence-electron chi connectivity index (χ2n) is 4.33. The highest BCUT2D eigenvalue weighted by Gasteiger charge is 2.12. The predicted molar refractivity (Wildman–Crippen MR) is 76.6 cm³/mol. The number of halogens is 2. The van der Waals surface area contributed by atoms with Crippen molar-refractivity contribution in [1.82, 2.24) is 0 Å². The van der Waals surface area contributed by atoms with Gasteiger partial charge in [-0.1, -0.05) is 6.07 Å². The summed E-state index contributed by atoms with van der Waals surface area (Å²) in [7, 11) is 0. The van der Waals surface area contributed by atoms with Gasteiger partial charge >= 0.3 is 5.97 Å². The average Bonchev–Trinajstić information content (AvgIpc) is 2.37. The molecule has 5 heteroatoms. The van der Waals surface area contributed by atoms with E-state index in [1.807, 2.05) is 19.1 Å². The number of hydrogen-bond donors (Lipinski definition) is 1. The maximum Gasteiger partial charge on any atom is 0.336 e. The van der Waals surface area contributed by atoms with Gasteiger partial charge in [0.05, 0.1) is 10.0 Å². The quantitative estimate of drug-likeness (QED) is 0.909. The van der Waals surface area contributed by atoms with Gasteiger partial charge in [0.15, 0.2) is 0 Å². The third-order valence-electron chi connectivity index (χ3n) is 2.77. The summed E-state index contributed by atoms with van der Waals surface area (Å²) in [5.74, 6) is -1.01. The summed E-state index contributed by atoms with van der Waals surface area (Å²) in [5.41, 5.74) is 1.40. The molecule has 0 unspecified atom stereocenters. The summed E-state index contributed by atoms with van der Waals surface area (Å²) in [4.78, 5) is 11.1. The lowest BCUT2D eigenvalue weighted by molar-refractivity contribution is 0.0694. The molecule has 104 valence electrons. The van der Waals surface area contributed by atoms with Crippen molar-refractivity contribution < 1.29 is 19.0 Å². The van der Waals surface area contributed by atoms with Crippen molar-refractivity contribution in [2.45, 2.75) is 13.5 Å². The SMILES string of the molecule is Cc1ccc(OCc2cc(F)ccc2C(=O)O)c(Br)c1. The minimum absolute atomic E-state index is 0.0128. The fourth-order valence-electron chi connectivity index (χ4n) is 1.77. The Labute approximate surface area is 124 Å². The number of carbonyl (C=O) groups is 1. The Balaban J connectivity index is 2.22. The van der Waals surface area contributed by atoms with E-state index in [2.05, 4.69) is 15.9 Å². The van der Waals surface area contributed by atoms with Gasteiger partial charge in [0.25, 0.3) is 0 Å². The third kappa shape index (κ3) is 3.36. The number of rotatable bonds is 4. The number of carboxylic acids is 1. The maximum atomic E-state index is 13.2. The first-order valence-corrected chi connectivity index (χ1v) is 6.67. The summed E-state index contributed by atoms with van der Waals surface area (Å²) >= 11 is 3.37. The van der Waals surface area contributed by atoms with Gasteiger partial charge in [-0.05, 0) is 58.7 Å². The van der Waals surface area contributed by atoms with Gasteiger partial charge in [0.2, 0.25) is 0 Å². The van der Waals surface area contributed by atoms with Crippen LogP contribution >= 0.6 is 15.9 Å². The van der Waals surface area contributed by atoms with E-state index >= 15 is 0 Å². The second kappa shape index (κ2) is 6.05. The molecular weight excluding hydrogens is 327 g/mol. The van der Waals surface area contributed by atoms with Crippen LogP contribution in [0.4, 0.5) is 4.39 Å². The molecule has 20 heavy (non-hydrogen) atoms. The lowest BCUT2D eigenvalue weighted by atomic mass is 10.1. The lowest BCUT2D eigenvalue weighted by Gasteiger charge is -2.11. The molecule has 0 amide bonds. The molecule has 2 rings (SSSR count). The summed E-state index contributed by atoms with van der Waals surface area (Å²) in [6.07, 6.45) is 0. The molecule has 0 saturated carbocycles. The Morgan fingerprint density at radius 1 is 1.30 bits per heavy atom. The van der Waals surface area contributed by atoms with E-state index in [1.165, 1.54) is 12.1 Å². The normalized spacial score (nSPS) is 10.3. The molecule has 0 bridgehead atoms. The van der Waals surface area contributed by atoms with Gasteiger partial charge in [-0.2, -0.15) is 0 Å². The molecule has 0 radical (unpaired) electrons. The van der Waals surface area contributed by atoms with Crippen molar-refractivity contribution >= 4 is 21.9 Å². The van der Waals surface area contributed by atoms with Crippen LogP contribution in [0.3, 0.4) is 0 Å². The third-order valence-corrected chi connectivity index (χ3v) is 3.39. The van der Waals surface area contributed by atoms with Crippen LogP contribution < -0.4 is 4.74 Å². The van der Waals surface area contributed by atoms with Gasteiger partial charge in [-0.3, -0.25) is 0 Å². The molecule has 0 aromatic heterocycles. The molecule has 2 aromatic carbocycles. The van der Waals surface area contributed by atoms with Gasteiger partial charge in [-0.15, -0.1) is 0 Å². The number of ether oxygens (including phenoxy) is 1. The van der Waals surface area contributed by atoms with E-state index in [-0.39, 0.29) is 12.2 Å². The first-order valence-electron chi connectivity index (χ1n) is 5.88. The standard InChI is InChI=1S/C15H12BrFO3/c1-9-2-5-14(13(16)6-9)20-8-10-7-11(17)3-4-12(10)15(18)19/h2-7H,8H2,1H3,(H,18,19). The summed E-state index contributed by atoms with van der Waals surface area (Å²) in [6.45, 7) is 1.94. The van der Waals surface area contributed by atoms with Crippen LogP contribution in [0.1, 0.15) is 21.5 Å². The summed E-state index contributed by atoms with van der Waals surface area (Å²) in [6, 6.07) is 9.07. The van der Waals surface area contributed by atoms with Crippen molar-refractivity contribution in [1.29, 1.82) is 0 Å². The molecule has 0 heterocycles. The van der Waals surface area contributed by atoms with E-state index in [0.29, 0.717) is 11.3 Å². The fourth-order valence-corrected chi connectivity index (χ4v) is 2.38. The van der Waals surface area contributed by atoms with Crippen LogP contribution in [0.2, 0.25) is 0 Å². The Bertz CT molecular complexity index is 656. The summed E-state index contributed by atoms with van der Waals surface area (Å²) < 4.78 is 19.5. The van der Waals surface area contributed by atoms with E-state index in [9.17, 15) is 9.18 Å². The van der Waals surface area contributed by atoms with Gasteiger partial charge in [0.1, 0.15) is 18.2 Å². The second-order valence-corrected chi connectivity index (χ2v) is 5.18. The van der Waals surface area contributed by atoms with E-state index in [1.54, 1.807) is 6.07 Å². The summed E-state index contributed by atoms with van der Waals surface area (Å²) in [5, 5.41) is 9.06. The van der Waals surface area contributed by atoms with Crippen LogP contribution in [0.25, 0.3) is 0 Å². The molecule has 0 fully saturated rings. The minimum Gasteiger partial charge on any atom is -0.488 e. The first kappa shape index (κ1) is 14.5. The molecule has 0 spiro atoms. The lowest BCUT2D eigenvalue weighted by Crippen LogP contribution is -2.06. The molecule has 2 aromatic rings. The number of hydrogen-bond acceptors (Lipinski definition) is 2. The van der Waals surface area contributed by atoms with E-state index in [0.717, 1.165) is 16.1 Å². The Hall–Kier alpha value is -1.88. The predicted octanol–water partition coefficient (Wildman–Crippen LogP) is 4.17. The average molecular weight is 339 g/mol. The zero-order valence-electron chi connectivity index (χ0n) is 10.7. The molecule has 0 aliphatic carbocycles. The smallest absolute Gasteiger partial charge is 0.336 e. The molecule has 0 aliphatic heterocycles. The van der Waals surface area contributed by atoms with Crippen molar-refractivity contribution in [3.8, 4) is 5.75 Å². The Kier molecular flexibility index (Phi) is 4.39. The number of carboxylic acid groups (broad SMARTS) is 1. The molecule has 0 atom stereocenters. The highest BCUT2D eigenvalue weighted by Crippen LogP contribution is 2.27. The molecule has 0 aliphatic rings. The topological polar surface area (TPSA) is 46.5 Å². The van der Waals surface area contributed by atoms with Crippen molar-refractivity contribution in [2.24, 2.45) is 0 Å². The number of aromatic carboxylic acids is 1. The zero-order valence-corrected chi connectivity index (χ0v) is 12.3. The fraction of sp³-hybridized carbons (Fsp3) is 0.133. The van der Waals surface area contributed by atoms with Crippen LogP contribution in [0, 0.1) is 12.7 Å². The van der Waals surface area contributed by atoms with Gasteiger partial charge in [-0.25, -0.2) is 9.18 Å². The highest BCUT2D eigenvalue weighted by molar-refractivity contribution is 9.10. The maximum absolute atomic E-state index is 13.2. The van der Waals surface area contributed by atoms with Crippen LogP contribution in [0.5, 0.6) is 5.75 Å². The number of aryl methyl sites for hydroxylation is 1. The van der Waals surface area contributed by atoms with Crippen LogP contribution in [-0.4, -0.2) is 11.1 Å². The van der Waals surface area contributed by atoms with E-state index in [4.69, 9.17) is 9.84 Å². The van der Waals surface area contributed by atoms with Crippen LogP contribution in [-0.2, 0) is 6.61 Å². The van der Waals surface area contributed by atoms with Gasteiger partial charge in [0, 0.05) is 5.56 Å². The number of benzene rings is 2. The highest BCUT2D eigenvalue weighted by atomic mass is 79.9. The zero-order chi connectivity index (χ0) is 14.7. The molecular formula is C15H12BrFO3. The van der Waals surface area contributed by atoms with E-state index < -0.39 is 11.8 Å². The van der Waals surface area contributed by atoms with Gasteiger partial charge < -0.3 is 9.84 Å². The monoisotopic (exact) mass is 338 g/mol. The molecule has 3 nitrogen and oxygen atoms in total. The molecule has 0 saturated heterocycles. The first-order chi connectivity index (χ1) is 9.47. The largest absolute Gasteiger partial charge is 0.488 e. The Morgan fingerprint density at radius 3 is 2.70 bits per heavy atom. The van der Waals surface area contributed by atoms with Crippen LogP contribution in [0.15, 0.2) is 40.9 Å². The molecule has 1 N–H and O–H groups in total.